The largest absolute Gasteiger partial charge is 0.298 e. The van der Waals surface area contributed by atoms with Gasteiger partial charge in [-0.1, -0.05) is 28.1 Å². The van der Waals surface area contributed by atoms with E-state index in [1.165, 1.54) is 0 Å². The van der Waals surface area contributed by atoms with E-state index >= 15 is 0 Å². The quantitative estimate of drug-likeness (QED) is 0.662. The van der Waals surface area contributed by atoms with Crippen LogP contribution in [0.25, 0.3) is 0 Å². The topological polar surface area (TPSA) is 17.1 Å². The maximum atomic E-state index is 10.1. The monoisotopic (exact) mass is 218 g/mol. The minimum absolute atomic E-state index is 0. The molecule has 0 bridgehead atoms. The molecule has 1 nitrogen and oxygen atoms in total. The van der Waals surface area contributed by atoms with Gasteiger partial charge in [-0.25, -0.2) is 0 Å². The Hall–Kier alpha value is -0.280. The van der Waals surface area contributed by atoms with Gasteiger partial charge in [-0.15, -0.1) is 0 Å². The van der Waals surface area contributed by atoms with E-state index in [1.54, 1.807) is 12.1 Å². The Bertz CT molecular complexity index is 207. The summed E-state index contributed by atoms with van der Waals surface area (Å²) in [5, 5.41) is 0. The zero-order valence-electron chi connectivity index (χ0n) is 5.17. The Labute approximate surface area is 75.0 Å². The fourth-order valence-corrected chi connectivity index (χ4v) is 0.806. The second-order valence-electron chi connectivity index (χ2n) is 1.67. The van der Waals surface area contributed by atoms with Crippen molar-refractivity contribution in [3.8, 4) is 0 Å². The van der Waals surface area contributed by atoms with Crippen molar-refractivity contribution >= 4 is 35.7 Å². The van der Waals surface area contributed by atoms with Crippen LogP contribution in [0.5, 0.6) is 0 Å². The number of hydrogen-bond donors (Lipinski definition) is 0. The molecule has 0 amide bonds. The van der Waals surface area contributed by atoms with Gasteiger partial charge in [0.25, 0.3) is 0 Å². The van der Waals surface area contributed by atoms with Gasteiger partial charge in [0.15, 0.2) is 0 Å². The summed E-state index contributed by atoms with van der Waals surface area (Å²) in [6, 6.07) is 7.20. The van der Waals surface area contributed by atoms with Crippen LogP contribution in [0.3, 0.4) is 0 Å². The van der Waals surface area contributed by atoms with Crippen molar-refractivity contribution in [2.45, 2.75) is 0 Å². The maximum Gasteiger partial charge on any atom is 0.150 e. The van der Waals surface area contributed by atoms with Crippen molar-refractivity contribution in [2.75, 3.05) is 0 Å². The molecule has 1 aromatic rings. The van der Waals surface area contributed by atoms with E-state index < -0.39 is 0 Å². The summed E-state index contributed by atoms with van der Waals surface area (Å²) in [4.78, 5) is 10.1. The summed E-state index contributed by atoms with van der Waals surface area (Å²) >= 11 is 3.26. The first-order chi connectivity index (χ1) is 4.33. The minimum atomic E-state index is 0. The summed E-state index contributed by atoms with van der Waals surface area (Å²) in [5.41, 5.74) is 0.707. The summed E-state index contributed by atoms with van der Waals surface area (Å²) in [6.45, 7) is 0. The second kappa shape index (κ2) is 4.52. The lowest BCUT2D eigenvalue weighted by Gasteiger charge is -1.87. The first kappa shape index (κ1) is 9.72. The van der Waals surface area contributed by atoms with Crippen molar-refractivity contribution in [3.63, 3.8) is 0 Å². The summed E-state index contributed by atoms with van der Waals surface area (Å²) in [6.07, 6.45) is 0.826. The van der Waals surface area contributed by atoms with Gasteiger partial charge in [-0.05, 0) is 12.1 Å². The van der Waals surface area contributed by atoms with Gasteiger partial charge in [0, 0.05) is 10.0 Å². The van der Waals surface area contributed by atoms with Crippen molar-refractivity contribution in [3.05, 3.63) is 34.3 Å². The molecule has 3 heteroatoms. The first-order valence-electron chi connectivity index (χ1n) is 2.53. The lowest BCUT2D eigenvalue weighted by molar-refractivity contribution is 0.112. The van der Waals surface area contributed by atoms with Gasteiger partial charge < -0.3 is 0 Å². The van der Waals surface area contributed by atoms with Gasteiger partial charge in [0.05, 0.1) is 0 Å². The predicted molar refractivity (Wildman–Crippen MR) is 49.9 cm³/mol. The zero-order valence-corrected chi connectivity index (χ0v) is 7.76. The molecule has 0 N–H and O–H groups in total. The van der Waals surface area contributed by atoms with Crippen molar-refractivity contribution in [1.29, 1.82) is 0 Å². The van der Waals surface area contributed by atoms with Crippen LogP contribution in [0.15, 0.2) is 28.7 Å². The molecule has 0 saturated carbocycles. The lowest BCUT2D eigenvalue weighted by atomic mass is 10.2. The molecule has 0 aliphatic heterocycles. The number of benzene rings is 1. The average Bonchev–Trinajstić information content (AvgIpc) is 1.90. The molecule has 0 aromatic heterocycles. The summed E-state index contributed by atoms with van der Waals surface area (Å²) in [7, 11) is 0. The number of carbonyl (C=O) groups excluding carboxylic acids is 1. The van der Waals surface area contributed by atoms with Crippen LogP contribution in [0.2, 0.25) is 0 Å². The SMILES string of the molecule is O=Cc1ccc(Br)cc1.S. The Morgan fingerprint density at radius 2 is 1.70 bits per heavy atom. The highest BCUT2D eigenvalue weighted by molar-refractivity contribution is 9.10. The molecule has 0 saturated heterocycles. The highest BCUT2D eigenvalue weighted by Crippen LogP contribution is 2.08. The molecule has 1 aromatic carbocycles. The Morgan fingerprint density at radius 1 is 1.20 bits per heavy atom. The van der Waals surface area contributed by atoms with Crippen LogP contribution in [0, 0.1) is 0 Å². The molecule has 1 rings (SSSR count). The van der Waals surface area contributed by atoms with Crippen LogP contribution in [0.1, 0.15) is 10.4 Å². The van der Waals surface area contributed by atoms with Gasteiger partial charge in [-0.2, -0.15) is 13.5 Å². The van der Waals surface area contributed by atoms with E-state index in [2.05, 4.69) is 15.9 Å². The van der Waals surface area contributed by atoms with Gasteiger partial charge >= 0.3 is 0 Å². The molecule has 0 aliphatic carbocycles. The van der Waals surface area contributed by atoms with Crippen LogP contribution in [0.4, 0.5) is 0 Å². The molecular formula is C7H7BrOS. The smallest absolute Gasteiger partial charge is 0.150 e. The molecule has 0 unspecified atom stereocenters. The third-order valence-electron chi connectivity index (χ3n) is 1.01. The first-order valence-corrected chi connectivity index (χ1v) is 3.33. The Balaban J connectivity index is 0.000000810. The Kier molecular flexibility index (Phi) is 4.40. The van der Waals surface area contributed by atoms with Gasteiger partial charge in [-0.3, -0.25) is 4.79 Å². The average molecular weight is 219 g/mol. The third kappa shape index (κ3) is 2.54. The maximum absolute atomic E-state index is 10.1. The standard InChI is InChI=1S/C7H5BrO.H2S/c8-7-3-1-6(5-9)2-4-7;/h1-5H;1H2. The van der Waals surface area contributed by atoms with Crippen LogP contribution in [-0.4, -0.2) is 6.29 Å². The normalized spacial score (nSPS) is 8.10. The molecular weight excluding hydrogens is 212 g/mol. The lowest BCUT2D eigenvalue weighted by Crippen LogP contribution is -1.75. The predicted octanol–water partition coefficient (Wildman–Crippen LogP) is 2.37. The van der Waals surface area contributed by atoms with Crippen LogP contribution >= 0.6 is 29.4 Å². The number of aldehydes is 1. The van der Waals surface area contributed by atoms with Crippen molar-refractivity contribution in [2.24, 2.45) is 0 Å². The van der Waals surface area contributed by atoms with Crippen LogP contribution < -0.4 is 0 Å². The molecule has 10 heavy (non-hydrogen) atoms. The van der Waals surface area contributed by atoms with E-state index in [0.29, 0.717) is 5.56 Å². The number of hydrogen-bond acceptors (Lipinski definition) is 1. The minimum Gasteiger partial charge on any atom is -0.298 e. The number of carbonyl (C=O) groups is 1. The highest BCUT2D eigenvalue weighted by atomic mass is 79.9. The van der Waals surface area contributed by atoms with Gasteiger partial charge in [0.1, 0.15) is 6.29 Å². The number of halogens is 1. The molecule has 0 radical (unpaired) electrons. The second-order valence-corrected chi connectivity index (χ2v) is 2.59. The fraction of sp³-hybridized carbons (Fsp3) is 0. The summed E-state index contributed by atoms with van der Waals surface area (Å²) < 4.78 is 0.994. The van der Waals surface area contributed by atoms with E-state index in [-0.39, 0.29) is 13.5 Å². The van der Waals surface area contributed by atoms with Crippen LogP contribution in [-0.2, 0) is 0 Å². The molecule has 0 aliphatic rings. The van der Waals surface area contributed by atoms with Crippen molar-refractivity contribution < 1.29 is 4.79 Å². The summed E-state index contributed by atoms with van der Waals surface area (Å²) in [5.74, 6) is 0. The zero-order chi connectivity index (χ0) is 6.69. The molecule has 0 fully saturated rings. The fourth-order valence-electron chi connectivity index (χ4n) is 0.541. The number of rotatable bonds is 1. The molecule has 0 atom stereocenters. The molecule has 0 heterocycles. The van der Waals surface area contributed by atoms with E-state index in [4.69, 9.17) is 0 Å². The van der Waals surface area contributed by atoms with E-state index in [0.717, 1.165) is 10.8 Å². The third-order valence-corrected chi connectivity index (χ3v) is 1.53. The van der Waals surface area contributed by atoms with Crippen molar-refractivity contribution in [1.82, 2.24) is 0 Å². The highest BCUT2D eigenvalue weighted by Gasteiger charge is 1.86. The van der Waals surface area contributed by atoms with E-state index in [1.807, 2.05) is 12.1 Å². The molecule has 0 spiro atoms. The molecule has 54 valence electrons. The van der Waals surface area contributed by atoms with Gasteiger partial charge in [0.2, 0.25) is 0 Å². The Morgan fingerprint density at radius 3 is 2.10 bits per heavy atom. The van der Waals surface area contributed by atoms with E-state index in [9.17, 15) is 4.79 Å².